The average molecular weight is 267 g/mol. The molecule has 0 aromatic heterocycles. The summed E-state index contributed by atoms with van der Waals surface area (Å²) in [5, 5.41) is 9.51. The summed E-state index contributed by atoms with van der Waals surface area (Å²) < 4.78 is 1.09. The molecule has 0 radical (unpaired) electrons. The van der Waals surface area contributed by atoms with Crippen molar-refractivity contribution in [2.75, 3.05) is 0 Å². The van der Waals surface area contributed by atoms with E-state index in [1.54, 1.807) is 13.8 Å². The summed E-state index contributed by atoms with van der Waals surface area (Å²) in [5.74, 6) is 5.82. The van der Waals surface area contributed by atoms with Crippen molar-refractivity contribution in [2.24, 2.45) is 0 Å². The van der Waals surface area contributed by atoms with E-state index in [1.165, 1.54) is 5.56 Å². The van der Waals surface area contributed by atoms with Crippen LogP contribution in [0.4, 0.5) is 0 Å². The fourth-order valence-electron chi connectivity index (χ4n) is 1.14. The van der Waals surface area contributed by atoms with Gasteiger partial charge in [0.05, 0.1) is 0 Å². The van der Waals surface area contributed by atoms with E-state index in [9.17, 15) is 5.11 Å². The largest absolute Gasteiger partial charge is 0.378 e. The Morgan fingerprint density at radius 1 is 1.20 bits per heavy atom. The molecule has 0 heterocycles. The quantitative estimate of drug-likeness (QED) is 0.716. The zero-order chi connectivity index (χ0) is 11.6. The highest BCUT2D eigenvalue weighted by Crippen LogP contribution is 2.21. The Bertz CT molecular complexity index is 430. The maximum Gasteiger partial charge on any atom is 0.120 e. The predicted molar refractivity (Wildman–Crippen MR) is 66.8 cm³/mol. The number of halogens is 1. The van der Waals surface area contributed by atoms with Crippen LogP contribution in [0.1, 0.15) is 30.5 Å². The molecule has 2 heteroatoms. The highest BCUT2D eigenvalue weighted by Gasteiger charge is 2.07. The predicted octanol–water partition coefficient (Wildman–Crippen LogP) is 3.19. The molecule has 1 N–H and O–H groups in total. The smallest absolute Gasteiger partial charge is 0.120 e. The summed E-state index contributed by atoms with van der Waals surface area (Å²) in [6.45, 7) is 7.45. The van der Waals surface area contributed by atoms with Gasteiger partial charge in [0.2, 0.25) is 0 Å². The molecule has 0 spiro atoms. The van der Waals surface area contributed by atoms with Gasteiger partial charge in [-0.05, 0) is 51.0 Å². The van der Waals surface area contributed by atoms with Crippen LogP contribution >= 0.6 is 15.9 Å². The molecular weight excluding hydrogens is 252 g/mol. The molecule has 15 heavy (non-hydrogen) atoms. The van der Waals surface area contributed by atoms with E-state index >= 15 is 0 Å². The van der Waals surface area contributed by atoms with Crippen LogP contribution in [0.3, 0.4) is 0 Å². The first-order chi connectivity index (χ1) is 6.81. The van der Waals surface area contributed by atoms with Crippen LogP contribution in [0.2, 0.25) is 0 Å². The van der Waals surface area contributed by atoms with E-state index in [4.69, 9.17) is 0 Å². The average Bonchev–Trinajstić information content (AvgIpc) is 2.12. The topological polar surface area (TPSA) is 20.2 Å². The van der Waals surface area contributed by atoms with Crippen molar-refractivity contribution in [3.8, 4) is 11.8 Å². The van der Waals surface area contributed by atoms with Gasteiger partial charge in [0.25, 0.3) is 0 Å². The lowest BCUT2D eigenvalue weighted by atomic mass is 10.0. The Morgan fingerprint density at radius 2 is 1.80 bits per heavy atom. The maximum absolute atomic E-state index is 9.51. The van der Waals surface area contributed by atoms with Crippen LogP contribution in [-0.4, -0.2) is 10.7 Å². The first kappa shape index (κ1) is 12.3. The summed E-state index contributed by atoms with van der Waals surface area (Å²) in [6.07, 6.45) is 0. The highest BCUT2D eigenvalue weighted by molar-refractivity contribution is 9.10. The zero-order valence-corrected chi connectivity index (χ0v) is 11.1. The lowest BCUT2D eigenvalue weighted by Gasteiger charge is -2.08. The molecule has 0 unspecified atom stereocenters. The van der Waals surface area contributed by atoms with E-state index in [-0.39, 0.29) is 0 Å². The Morgan fingerprint density at radius 3 is 2.33 bits per heavy atom. The Kier molecular flexibility index (Phi) is 3.59. The molecule has 0 aliphatic carbocycles. The molecule has 0 atom stereocenters. The van der Waals surface area contributed by atoms with Crippen molar-refractivity contribution in [3.63, 3.8) is 0 Å². The molecule has 1 rings (SSSR count). The summed E-state index contributed by atoms with van der Waals surface area (Å²) in [7, 11) is 0. The first-order valence-corrected chi connectivity index (χ1v) is 5.62. The highest BCUT2D eigenvalue weighted by atomic mass is 79.9. The molecule has 1 aromatic rings. The molecule has 0 aliphatic heterocycles. The van der Waals surface area contributed by atoms with E-state index in [0.717, 1.165) is 15.6 Å². The van der Waals surface area contributed by atoms with Gasteiger partial charge in [-0.2, -0.15) is 0 Å². The van der Waals surface area contributed by atoms with Crippen LogP contribution < -0.4 is 0 Å². The monoisotopic (exact) mass is 266 g/mol. The van der Waals surface area contributed by atoms with Crippen LogP contribution in [0.15, 0.2) is 16.6 Å². The van der Waals surface area contributed by atoms with Gasteiger partial charge in [0, 0.05) is 10.0 Å². The van der Waals surface area contributed by atoms with E-state index in [1.807, 2.05) is 19.1 Å². The van der Waals surface area contributed by atoms with Crippen LogP contribution in [0.25, 0.3) is 0 Å². The molecule has 0 saturated carbocycles. The molecular formula is C13H15BrO. The Labute approximate surface area is 99.6 Å². The molecule has 1 nitrogen and oxygen atoms in total. The van der Waals surface area contributed by atoms with Crippen molar-refractivity contribution in [2.45, 2.75) is 33.3 Å². The van der Waals surface area contributed by atoms with Gasteiger partial charge < -0.3 is 5.11 Å². The fraction of sp³-hybridized carbons (Fsp3) is 0.385. The minimum Gasteiger partial charge on any atom is -0.378 e. The number of benzene rings is 1. The molecule has 80 valence electrons. The second kappa shape index (κ2) is 4.38. The van der Waals surface area contributed by atoms with Gasteiger partial charge in [0.15, 0.2) is 0 Å². The van der Waals surface area contributed by atoms with Crippen molar-refractivity contribution in [1.82, 2.24) is 0 Å². The second-order valence-corrected chi connectivity index (χ2v) is 5.01. The number of rotatable bonds is 0. The van der Waals surface area contributed by atoms with Crippen molar-refractivity contribution in [1.29, 1.82) is 0 Å². The number of aliphatic hydroxyl groups is 1. The number of hydrogen-bond acceptors (Lipinski definition) is 1. The third kappa shape index (κ3) is 3.37. The van der Waals surface area contributed by atoms with E-state index < -0.39 is 5.60 Å². The van der Waals surface area contributed by atoms with Gasteiger partial charge in [-0.1, -0.05) is 27.8 Å². The standard InChI is InChI=1S/C13H15BrO/c1-9-10(2)12(14)6-5-11(9)7-8-13(3,4)15/h5-6,15H,1-4H3. The SMILES string of the molecule is Cc1c(Br)ccc(C#CC(C)(C)O)c1C. The fourth-order valence-corrected chi connectivity index (χ4v) is 1.57. The van der Waals surface area contributed by atoms with Gasteiger partial charge in [0.1, 0.15) is 5.60 Å². The number of hydrogen-bond donors (Lipinski definition) is 1. The minimum absolute atomic E-state index is 0.937. The van der Waals surface area contributed by atoms with Gasteiger partial charge in [-0.25, -0.2) is 0 Å². The third-order valence-corrected chi connectivity index (χ3v) is 3.08. The van der Waals surface area contributed by atoms with E-state index in [0.29, 0.717) is 0 Å². The van der Waals surface area contributed by atoms with E-state index in [2.05, 4.69) is 34.7 Å². The third-order valence-electron chi connectivity index (χ3n) is 2.22. The lowest BCUT2D eigenvalue weighted by molar-refractivity contribution is 0.143. The Hall–Kier alpha value is -0.780. The summed E-state index contributed by atoms with van der Waals surface area (Å²) in [5.41, 5.74) is 2.38. The molecule has 0 fully saturated rings. The van der Waals surface area contributed by atoms with Gasteiger partial charge >= 0.3 is 0 Å². The molecule has 0 saturated heterocycles. The summed E-state index contributed by atoms with van der Waals surface area (Å²) in [6, 6.07) is 3.95. The van der Waals surface area contributed by atoms with Gasteiger partial charge in [-0.3, -0.25) is 0 Å². The van der Waals surface area contributed by atoms with Crippen LogP contribution in [0, 0.1) is 25.7 Å². The molecule has 0 amide bonds. The maximum atomic E-state index is 9.51. The first-order valence-electron chi connectivity index (χ1n) is 4.82. The molecule has 0 bridgehead atoms. The summed E-state index contributed by atoms with van der Waals surface area (Å²) >= 11 is 3.47. The Balaban J connectivity index is 3.17. The van der Waals surface area contributed by atoms with Crippen LogP contribution in [0.5, 0.6) is 0 Å². The van der Waals surface area contributed by atoms with Crippen molar-refractivity contribution in [3.05, 3.63) is 33.3 Å². The molecule has 1 aromatic carbocycles. The normalized spacial score (nSPS) is 10.8. The van der Waals surface area contributed by atoms with Crippen molar-refractivity contribution < 1.29 is 5.11 Å². The van der Waals surface area contributed by atoms with Gasteiger partial charge in [-0.15, -0.1) is 0 Å². The van der Waals surface area contributed by atoms with Crippen molar-refractivity contribution >= 4 is 15.9 Å². The van der Waals surface area contributed by atoms with Crippen LogP contribution in [-0.2, 0) is 0 Å². The molecule has 0 aliphatic rings. The second-order valence-electron chi connectivity index (χ2n) is 4.15. The zero-order valence-electron chi connectivity index (χ0n) is 9.48. The minimum atomic E-state index is -0.937. The lowest BCUT2D eigenvalue weighted by Crippen LogP contribution is -2.14. The summed E-state index contributed by atoms with van der Waals surface area (Å²) in [4.78, 5) is 0.